The predicted octanol–water partition coefficient (Wildman–Crippen LogP) is 3.85. The van der Waals surface area contributed by atoms with Gasteiger partial charge in [-0.1, -0.05) is 13.8 Å². The SMILES string of the molecule is CC1(C)CCC(Cl)CC1C1CCOCC1. The van der Waals surface area contributed by atoms with Crippen LogP contribution in [-0.4, -0.2) is 18.6 Å². The van der Waals surface area contributed by atoms with Gasteiger partial charge in [-0.15, -0.1) is 11.6 Å². The summed E-state index contributed by atoms with van der Waals surface area (Å²) in [6.45, 7) is 6.78. The Kier molecular flexibility index (Phi) is 3.62. The van der Waals surface area contributed by atoms with Crippen LogP contribution in [0, 0.1) is 17.3 Å². The van der Waals surface area contributed by atoms with Crippen molar-refractivity contribution in [2.75, 3.05) is 13.2 Å². The monoisotopic (exact) mass is 230 g/mol. The van der Waals surface area contributed by atoms with E-state index < -0.39 is 0 Å². The molecule has 2 rings (SSSR count). The summed E-state index contributed by atoms with van der Waals surface area (Å²) < 4.78 is 5.45. The van der Waals surface area contributed by atoms with Gasteiger partial charge in [-0.25, -0.2) is 0 Å². The molecule has 0 aromatic heterocycles. The van der Waals surface area contributed by atoms with Crippen molar-refractivity contribution < 1.29 is 4.74 Å². The van der Waals surface area contributed by atoms with Gasteiger partial charge in [0.2, 0.25) is 0 Å². The van der Waals surface area contributed by atoms with Gasteiger partial charge in [-0.2, -0.15) is 0 Å². The molecule has 0 aromatic rings. The van der Waals surface area contributed by atoms with E-state index in [2.05, 4.69) is 13.8 Å². The first kappa shape index (κ1) is 11.7. The zero-order valence-electron chi connectivity index (χ0n) is 9.97. The lowest BCUT2D eigenvalue weighted by Gasteiger charge is -2.46. The van der Waals surface area contributed by atoms with E-state index in [9.17, 15) is 0 Å². The zero-order chi connectivity index (χ0) is 10.9. The molecule has 1 saturated carbocycles. The number of halogens is 1. The predicted molar refractivity (Wildman–Crippen MR) is 64.3 cm³/mol. The van der Waals surface area contributed by atoms with Crippen molar-refractivity contribution in [3.8, 4) is 0 Å². The smallest absolute Gasteiger partial charge is 0.0468 e. The van der Waals surface area contributed by atoms with E-state index in [1.165, 1.54) is 32.1 Å². The fourth-order valence-electron chi connectivity index (χ4n) is 3.38. The Hall–Kier alpha value is 0.250. The average molecular weight is 231 g/mol. The lowest BCUT2D eigenvalue weighted by Crippen LogP contribution is -2.39. The summed E-state index contributed by atoms with van der Waals surface area (Å²) >= 11 is 6.33. The number of alkyl halides is 1. The van der Waals surface area contributed by atoms with Gasteiger partial charge in [0.05, 0.1) is 0 Å². The largest absolute Gasteiger partial charge is 0.381 e. The number of rotatable bonds is 1. The second-order valence-corrected chi connectivity index (χ2v) is 6.53. The molecule has 2 fully saturated rings. The van der Waals surface area contributed by atoms with Crippen molar-refractivity contribution in [1.29, 1.82) is 0 Å². The van der Waals surface area contributed by atoms with Crippen LogP contribution in [-0.2, 0) is 4.74 Å². The molecular weight excluding hydrogens is 208 g/mol. The molecule has 88 valence electrons. The first-order chi connectivity index (χ1) is 7.09. The number of hydrogen-bond acceptors (Lipinski definition) is 1. The summed E-state index contributed by atoms with van der Waals surface area (Å²) in [5.74, 6) is 1.67. The summed E-state index contributed by atoms with van der Waals surface area (Å²) in [6.07, 6.45) is 6.21. The lowest BCUT2D eigenvalue weighted by atomic mass is 9.62. The van der Waals surface area contributed by atoms with Gasteiger partial charge in [0.25, 0.3) is 0 Å². The normalized spacial score (nSPS) is 37.8. The van der Waals surface area contributed by atoms with E-state index in [-0.39, 0.29) is 0 Å². The van der Waals surface area contributed by atoms with Crippen molar-refractivity contribution in [3.63, 3.8) is 0 Å². The maximum absolute atomic E-state index is 6.33. The molecule has 0 radical (unpaired) electrons. The van der Waals surface area contributed by atoms with Crippen molar-refractivity contribution in [2.45, 2.75) is 51.3 Å². The van der Waals surface area contributed by atoms with Gasteiger partial charge in [0.1, 0.15) is 0 Å². The molecule has 1 aliphatic carbocycles. The molecule has 0 amide bonds. The highest BCUT2D eigenvalue weighted by Crippen LogP contribution is 2.48. The second-order valence-electron chi connectivity index (χ2n) is 5.92. The molecule has 1 aliphatic heterocycles. The van der Waals surface area contributed by atoms with E-state index in [4.69, 9.17) is 16.3 Å². The molecule has 0 bridgehead atoms. The van der Waals surface area contributed by atoms with E-state index in [0.29, 0.717) is 10.8 Å². The third kappa shape index (κ3) is 2.68. The maximum atomic E-state index is 6.33. The zero-order valence-corrected chi connectivity index (χ0v) is 10.7. The number of hydrogen-bond donors (Lipinski definition) is 0. The third-order valence-corrected chi connectivity index (χ3v) is 4.85. The Balaban J connectivity index is 2.02. The van der Waals surface area contributed by atoms with Crippen molar-refractivity contribution >= 4 is 11.6 Å². The van der Waals surface area contributed by atoms with Gasteiger partial charge >= 0.3 is 0 Å². The Morgan fingerprint density at radius 3 is 2.47 bits per heavy atom. The molecule has 2 atom stereocenters. The molecular formula is C13H23ClO. The van der Waals surface area contributed by atoms with Gasteiger partial charge in [0, 0.05) is 18.6 Å². The topological polar surface area (TPSA) is 9.23 Å². The second kappa shape index (κ2) is 4.63. The standard InChI is InChI=1S/C13H23ClO/c1-13(2)6-3-11(14)9-12(13)10-4-7-15-8-5-10/h10-12H,3-9H2,1-2H3. The first-order valence-electron chi connectivity index (χ1n) is 6.31. The highest BCUT2D eigenvalue weighted by Gasteiger charge is 2.40. The average Bonchev–Trinajstić information content (AvgIpc) is 2.23. The van der Waals surface area contributed by atoms with E-state index in [0.717, 1.165) is 25.0 Å². The summed E-state index contributed by atoms with van der Waals surface area (Å²) in [6, 6.07) is 0. The molecule has 2 heteroatoms. The minimum absolute atomic E-state index is 0.422. The summed E-state index contributed by atoms with van der Waals surface area (Å²) in [7, 11) is 0. The van der Waals surface area contributed by atoms with Crippen LogP contribution >= 0.6 is 11.6 Å². The van der Waals surface area contributed by atoms with Crippen LogP contribution < -0.4 is 0 Å². The fraction of sp³-hybridized carbons (Fsp3) is 1.00. The maximum Gasteiger partial charge on any atom is 0.0468 e. The van der Waals surface area contributed by atoms with Crippen LogP contribution in [0.4, 0.5) is 0 Å². The van der Waals surface area contributed by atoms with Gasteiger partial charge < -0.3 is 4.74 Å². The van der Waals surface area contributed by atoms with Crippen molar-refractivity contribution in [1.82, 2.24) is 0 Å². The van der Waals surface area contributed by atoms with Gasteiger partial charge in [-0.05, 0) is 49.4 Å². The number of ether oxygens (including phenoxy) is 1. The van der Waals surface area contributed by atoms with E-state index in [1.54, 1.807) is 0 Å². The van der Waals surface area contributed by atoms with Crippen LogP contribution in [0.25, 0.3) is 0 Å². The van der Waals surface area contributed by atoms with Crippen molar-refractivity contribution in [2.24, 2.45) is 17.3 Å². The molecule has 0 aromatic carbocycles. The molecule has 2 aliphatic rings. The van der Waals surface area contributed by atoms with Gasteiger partial charge in [0.15, 0.2) is 0 Å². The highest BCUT2D eigenvalue weighted by molar-refractivity contribution is 6.20. The van der Waals surface area contributed by atoms with E-state index in [1.807, 2.05) is 0 Å². The Labute approximate surface area is 98.5 Å². The summed E-state index contributed by atoms with van der Waals surface area (Å²) in [5, 5.41) is 0.422. The molecule has 0 N–H and O–H groups in total. The lowest BCUT2D eigenvalue weighted by molar-refractivity contribution is -0.000377. The molecule has 1 heterocycles. The third-order valence-electron chi connectivity index (χ3n) is 4.45. The molecule has 2 unspecified atom stereocenters. The molecule has 1 nitrogen and oxygen atoms in total. The summed E-state index contributed by atoms with van der Waals surface area (Å²) in [4.78, 5) is 0. The minimum Gasteiger partial charge on any atom is -0.381 e. The fourth-order valence-corrected chi connectivity index (χ4v) is 3.68. The Bertz CT molecular complexity index is 209. The van der Waals surface area contributed by atoms with Crippen LogP contribution in [0.5, 0.6) is 0 Å². The quantitative estimate of drug-likeness (QED) is 0.622. The Morgan fingerprint density at radius 2 is 1.80 bits per heavy atom. The minimum atomic E-state index is 0.422. The van der Waals surface area contributed by atoms with E-state index >= 15 is 0 Å². The van der Waals surface area contributed by atoms with Crippen LogP contribution in [0.2, 0.25) is 0 Å². The van der Waals surface area contributed by atoms with Crippen LogP contribution in [0.1, 0.15) is 46.0 Å². The molecule has 15 heavy (non-hydrogen) atoms. The van der Waals surface area contributed by atoms with Gasteiger partial charge in [-0.3, -0.25) is 0 Å². The Morgan fingerprint density at radius 1 is 1.13 bits per heavy atom. The first-order valence-corrected chi connectivity index (χ1v) is 6.75. The van der Waals surface area contributed by atoms with Crippen LogP contribution in [0.3, 0.4) is 0 Å². The van der Waals surface area contributed by atoms with Crippen molar-refractivity contribution in [3.05, 3.63) is 0 Å². The molecule has 1 saturated heterocycles. The molecule has 0 spiro atoms. The summed E-state index contributed by atoms with van der Waals surface area (Å²) in [5.41, 5.74) is 0.493. The van der Waals surface area contributed by atoms with Crippen LogP contribution in [0.15, 0.2) is 0 Å². The highest BCUT2D eigenvalue weighted by atomic mass is 35.5.